The molecular weight excluding hydrogens is 434 g/mol. The predicted octanol–water partition coefficient (Wildman–Crippen LogP) is 6.08. The SMILES string of the molecule is CCCCCCn1c(CC)nc2c(c1=O)c1nc3ccccc3nc1n2-c1cccc(Cl)c1. The van der Waals surface area contributed by atoms with Gasteiger partial charge < -0.3 is 0 Å². The normalized spacial score (nSPS) is 11.7. The number of hydrogen-bond acceptors (Lipinski definition) is 4. The first-order valence-corrected chi connectivity index (χ1v) is 12.0. The summed E-state index contributed by atoms with van der Waals surface area (Å²) in [6.07, 6.45) is 5.03. The van der Waals surface area contributed by atoms with E-state index in [2.05, 4.69) is 6.92 Å². The topological polar surface area (TPSA) is 65.6 Å². The summed E-state index contributed by atoms with van der Waals surface area (Å²) < 4.78 is 3.74. The van der Waals surface area contributed by atoms with E-state index in [1.54, 1.807) is 0 Å². The van der Waals surface area contributed by atoms with Gasteiger partial charge in [0.25, 0.3) is 5.56 Å². The number of rotatable bonds is 7. The minimum absolute atomic E-state index is 0.0521. The highest BCUT2D eigenvalue weighted by molar-refractivity contribution is 6.30. The molecule has 0 aliphatic heterocycles. The Balaban J connectivity index is 1.86. The fraction of sp³-hybridized carbons (Fsp3) is 0.308. The van der Waals surface area contributed by atoms with Gasteiger partial charge in [0.1, 0.15) is 16.7 Å². The molecule has 0 N–H and O–H groups in total. The number of benzene rings is 2. The first kappa shape index (κ1) is 21.6. The zero-order valence-electron chi connectivity index (χ0n) is 18.9. The highest BCUT2D eigenvalue weighted by atomic mass is 35.5. The average molecular weight is 460 g/mol. The van der Waals surface area contributed by atoms with Gasteiger partial charge in [-0.05, 0) is 36.8 Å². The third kappa shape index (κ3) is 3.78. The van der Waals surface area contributed by atoms with Gasteiger partial charge in [0.2, 0.25) is 0 Å². The van der Waals surface area contributed by atoms with Gasteiger partial charge in [-0.15, -0.1) is 0 Å². The molecule has 2 aromatic carbocycles. The number of para-hydroxylation sites is 2. The summed E-state index contributed by atoms with van der Waals surface area (Å²) in [5.41, 5.74) is 4.04. The Labute approximate surface area is 196 Å². The van der Waals surface area contributed by atoms with Crippen LogP contribution in [0.1, 0.15) is 45.4 Å². The van der Waals surface area contributed by atoms with E-state index in [-0.39, 0.29) is 5.56 Å². The van der Waals surface area contributed by atoms with Crippen LogP contribution in [0.15, 0.2) is 53.3 Å². The number of halogens is 1. The van der Waals surface area contributed by atoms with Crippen LogP contribution in [0.2, 0.25) is 5.02 Å². The van der Waals surface area contributed by atoms with Crippen molar-refractivity contribution in [2.75, 3.05) is 0 Å². The molecule has 0 radical (unpaired) electrons. The quantitative estimate of drug-likeness (QED) is 0.276. The lowest BCUT2D eigenvalue weighted by atomic mass is 10.2. The van der Waals surface area contributed by atoms with Gasteiger partial charge in [0, 0.05) is 18.0 Å². The second-order valence-corrected chi connectivity index (χ2v) is 8.73. The number of aryl methyl sites for hydroxylation is 1. The zero-order valence-corrected chi connectivity index (χ0v) is 19.6. The standard InChI is InChI=1S/C26H26ClN5O/c1-3-5-6-9-15-31-21(4-2)30-24-22(26(31)33)23-25(29-20-14-8-7-13-19(20)28-23)32(24)18-12-10-11-17(27)16-18/h7-8,10-14,16H,3-6,9,15H2,1-2H3. The van der Waals surface area contributed by atoms with Gasteiger partial charge in [0.15, 0.2) is 11.3 Å². The summed E-state index contributed by atoms with van der Waals surface area (Å²) in [5.74, 6) is 0.777. The highest BCUT2D eigenvalue weighted by Gasteiger charge is 2.22. The zero-order chi connectivity index (χ0) is 22.9. The van der Waals surface area contributed by atoms with Crippen molar-refractivity contribution in [1.29, 1.82) is 0 Å². The van der Waals surface area contributed by atoms with Crippen LogP contribution < -0.4 is 5.56 Å². The van der Waals surface area contributed by atoms with E-state index in [1.165, 1.54) is 0 Å². The summed E-state index contributed by atoms with van der Waals surface area (Å²) in [6.45, 7) is 4.88. The highest BCUT2D eigenvalue weighted by Crippen LogP contribution is 2.29. The van der Waals surface area contributed by atoms with Crippen molar-refractivity contribution >= 4 is 44.8 Å². The second-order valence-electron chi connectivity index (χ2n) is 8.30. The minimum atomic E-state index is -0.0521. The summed E-state index contributed by atoms with van der Waals surface area (Å²) in [6, 6.07) is 15.2. The molecule has 5 aromatic rings. The maximum Gasteiger partial charge on any atom is 0.265 e. The first-order chi connectivity index (χ1) is 16.1. The van der Waals surface area contributed by atoms with Crippen molar-refractivity contribution in [2.45, 2.75) is 52.5 Å². The molecule has 0 fully saturated rings. The molecule has 3 heterocycles. The van der Waals surface area contributed by atoms with Crippen molar-refractivity contribution in [1.82, 2.24) is 24.1 Å². The van der Waals surface area contributed by atoms with Crippen LogP contribution in [0.4, 0.5) is 0 Å². The van der Waals surface area contributed by atoms with Crippen molar-refractivity contribution in [2.24, 2.45) is 0 Å². The molecule has 5 rings (SSSR count). The van der Waals surface area contributed by atoms with E-state index in [9.17, 15) is 4.79 Å². The molecule has 0 amide bonds. The number of fused-ring (bicyclic) bond motifs is 4. The molecule has 7 heteroatoms. The van der Waals surface area contributed by atoms with Crippen LogP contribution in [-0.2, 0) is 13.0 Å². The smallest absolute Gasteiger partial charge is 0.265 e. The van der Waals surface area contributed by atoms with Gasteiger partial charge in [-0.3, -0.25) is 13.9 Å². The Morgan fingerprint density at radius 3 is 2.39 bits per heavy atom. The van der Waals surface area contributed by atoms with Gasteiger partial charge in [-0.1, -0.05) is 62.9 Å². The van der Waals surface area contributed by atoms with Gasteiger partial charge >= 0.3 is 0 Å². The first-order valence-electron chi connectivity index (χ1n) is 11.6. The number of nitrogens with zero attached hydrogens (tertiary/aromatic N) is 5. The van der Waals surface area contributed by atoms with E-state index in [4.69, 9.17) is 26.6 Å². The van der Waals surface area contributed by atoms with Crippen molar-refractivity contribution < 1.29 is 0 Å². The van der Waals surface area contributed by atoms with Crippen LogP contribution >= 0.6 is 11.6 Å². The lowest BCUT2D eigenvalue weighted by Crippen LogP contribution is -2.25. The molecule has 168 valence electrons. The number of hydrogen-bond donors (Lipinski definition) is 0. The van der Waals surface area contributed by atoms with Crippen molar-refractivity contribution in [3.8, 4) is 5.69 Å². The van der Waals surface area contributed by atoms with Crippen LogP contribution in [0, 0.1) is 0 Å². The minimum Gasteiger partial charge on any atom is -0.296 e. The maximum absolute atomic E-state index is 13.8. The summed E-state index contributed by atoms with van der Waals surface area (Å²) in [7, 11) is 0. The lowest BCUT2D eigenvalue weighted by Gasteiger charge is -2.12. The Morgan fingerprint density at radius 1 is 0.879 bits per heavy atom. The molecule has 0 spiro atoms. The Kier molecular flexibility index (Phi) is 5.85. The van der Waals surface area contributed by atoms with E-state index < -0.39 is 0 Å². The van der Waals surface area contributed by atoms with Crippen LogP contribution in [0.25, 0.3) is 38.9 Å². The molecule has 33 heavy (non-hydrogen) atoms. The predicted molar refractivity (Wildman–Crippen MR) is 134 cm³/mol. The van der Waals surface area contributed by atoms with E-state index in [1.807, 2.05) is 64.6 Å². The molecule has 0 aliphatic rings. The summed E-state index contributed by atoms with van der Waals surface area (Å²) >= 11 is 6.32. The van der Waals surface area contributed by atoms with E-state index in [0.717, 1.165) is 48.2 Å². The van der Waals surface area contributed by atoms with Crippen molar-refractivity contribution in [3.63, 3.8) is 0 Å². The number of unbranched alkanes of at least 4 members (excludes halogenated alkanes) is 3. The maximum atomic E-state index is 13.8. The molecule has 0 saturated carbocycles. The third-order valence-corrected chi connectivity index (χ3v) is 6.29. The monoisotopic (exact) mass is 459 g/mol. The fourth-order valence-electron chi connectivity index (χ4n) is 4.43. The van der Waals surface area contributed by atoms with Gasteiger partial charge in [0.05, 0.1) is 16.7 Å². The number of aromatic nitrogens is 5. The molecule has 0 saturated heterocycles. The van der Waals surface area contributed by atoms with E-state index >= 15 is 0 Å². The lowest BCUT2D eigenvalue weighted by molar-refractivity contribution is 0.548. The second kappa shape index (κ2) is 8.94. The molecule has 3 aromatic heterocycles. The Morgan fingerprint density at radius 2 is 1.67 bits per heavy atom. The van der Waals surface area contributed by atoms with Crippen LogP contribution in [0.3, 0.4) is 0 Å². The molecule has 6 nitrogen and oxygen atoms in total. The molecular formula is C26H26ClN5O. The third-order valence-electron chi connectivity index (χ3n) is 6.06. The molecule has 0 aliphatic carbocycles. The van der Waals surface area contributed by atoms with Gasteiger partial charge in [-0.2, -0.15) is 0 Å². The average Bonchev–Trinajstić information content (AvgIpc) is 3.14. The van der Waals surface area contributed by atoms with Crippen molar-refractivity contribution in [3.05, 3.63) is 69.7 Å². The van der Waals surface area contributed by atoms with Gasteiger partial charge in [-0.25, -0.2) is 15.0 Å². The summed E-state index contributed by atoms with van der Waals surface area (Å²) in [5, 5.41) is 1.12. The Hall–Kier alpha value is -3.25. The van der Waals surface area contributed by atoms with Crippen LogP contribution in [-0.4, -0.2) is 24.1 Å². The molecule has 0 unspecified atom stereocenters. The summed E-state index contributed by atoms with van der Waals surface area (Å²) in [4.78, 5) is 28.6. The molecule has 0 bridgehead atoms. The molecule has 0 atom stereocenters. The fourth-order valence-corrected chi connectivity index (χ4v) is 4.61. The Bertz CT molecular complexity index is 1540. The van der Waals surface area contributed by atoms with Crippen LogP contribution in [0.5, 0.6) is 0 Å². The van der Waals surface area contributed by atoms with E-state index in [0.29, 0.717) is 40.2 Å². The largest absolute Gasteiger partial charge is 0.296 e.